The van der Waals surface area contributed by atoms with Crippen molar-refractivity contribution in [2.45, 2.75) is 50.6 Å². The third-order valence-electron chi connectivity index (χ3n) is 6.81. The summed E-state index contributed by atoms with van der Waals surface area (Å²) in [6, 6.07) is 9.10. The molecule has 1 aliphatic heterocycles. The molecule has 1 aliphatic carbocycles. The van der Waals surface area contributed by atoms with E-state index >= 15 is 0 Å². The molecule has 2 fully saturated rings. The van der Waals surface area contributed by atoms with Gasteiger partial charge in [0, 0.05) is 50.2 Å². The third-order valence-corrected chi connectivity index (χ3v) is 6.81. The van der Waals surface area contributed by atoms with Gasteiger partial charge in [0.05, 0.1) is 12.6 Å². The second-order valence-corrected chi connectivity index (χ2v) is 8.75. The Kier molecular flexibility index (Phi) is 8.90. The van der Waals surface area contributed by atoms with Crippen LogP contribution < -0.4 is 10.4 Å². The number of anilines is 1. The van der Waals surface area contributed by atoms with Gasteiger partial charge in [-0.15, -0.1) is 0 Å². The first-order valence-electron chi connectivity index (χ1n) is 11.6. The molecule has 1 heterocycles. The van der Waals surface area contributed by atoms with Crippen molar-refractivity contribution < 1.29 is 29.8 Å². The van der Waals surface area contributed by atoms with E-state index in [0.29, 0.717) is 38.8 Å². The normalized spacial score (nSPS) is 21.9. The number of para-hydroxylation sites is 1. The first-order valence-corrected chi connectivity index (χ1v) is 11.6. The average Bonchev–Trinajstić information content (AvgIpc) is 2.86. The zero-order valence-corrected chi connectivity index (χ0v) is 18.8. The standard InChI is InChI=1S/C23H34N4O6/c28-16-20(10-11-21(29)24-33)27(23(31)32)19-8-6-17(7-9-19)22(30)26-14-12-25(13-15-26)18-4-2-1-3-5-18/h1-5,17,19-20,28,33H,6-16H2,(H,24,29)(H,31,32)/t17?,19?,20-/m1/s1. The number of hydrogen-bond acceptors (Lipinski definition) is 6. The highest BCUT2D eigenvalue weighted by Gasteiger charge is 2.37. The number of rotatable bonds is 8. The van der Waals surface area contributed by atoms with Crippen LogP contribution in [0.3, 0.4) is 0 Å². The molecule has 0 spiro atoms. The van der Waals surface area contributed by atoms with Crippen LogP contribution >= 0.6 is 0 Å². The molecule has 0 radical (unpaired) electrons. The van der Waals surface area contributed by atoms with Gasteiger partial charge in [0.2, 0.25) is 11.8 Å². The summed E-state index contributed by atoms with van der Waals surface area (Å²) >= 11 is 0. The number of carbonyl (C=O) groups excluding carboxylic acids is 2. The molecule has 10 heteroatoms. The van der Waals surface area contributed by atoms with E-state index in [4.69, 9.17) is 5.21 Å². The summed E-state index contributed by atoms with van der Waals surface area (Å²) in [5, 5.41) is 28.1. The highest BCUT2D eigenvalue weighted by Crippen LogP contribution is 2.31. The van der Waals surface area contributed by atoms with E-state index < -0.39 is 24.6 Å². The summed E-state index contributed by atoms with van der Waals surface area (Å²) < 4.78 is 0. The molecule has 1 aromatic rings. The monoisotopic (exact) mass is 462 g/mol. The molecule has 0 unspecified atom stereocenters. The van der Waals surface area contributed by atoms with Gasteiger partial charge in [-0.3, -0.25) is 14.8 Å². The van der Waals surface area contributed by atoms with Gasteiger partial charge in [0.15, 0.2) is 0 Å². The molecule has 3 rings (SSSR count). The molecule has 33 heavy (non-hydrogen) atoms. The molecule has 1 aromatic carbocycles. The van der Waals surface area contributed by atoms with Gasteiger partial charge in [-0.2, -0.15) is 0 Å². The van der Waals surface area contributed by atoms with Crippen molar-refractivity contribution in [3.63, 3.8) is 0 Å². The van der Waals surface area contributed by atoms with Crippen LogP contribution in [0.4, 0.5) is 10.5 Å². The van der Waals surface area contributed by atoms with Crippen molar-refractivity contribution in [3.05, 3.63) is 30.3 Å². The zero-order valence-electron chi connectivity index (χ0n) is 18.8. The second kappa shape index (κ2) is 11.9. The molecule has 1 atom stereocenters. The van der Waals surface area contributed by atoms with Crippen molar-refractivity contribution >= 4 is 23.6 Å². The number of hydroxylamine groups is 1. The van der Waals surface area contributed by atoms with Gasteiger partial charge in [-0.05, 0) is 44.2 Å². The fraction of sp³-hybridized carbons (Fsp3) is 0.609. The van der Waals surface area contributed by atoms with Crippen molar-refractivity contribution in [1.82, 2.24) is 15.3 Å². The largest absolute Gasteiger partial charge is 0.465 e. The minimum Gasteiger partial charge on any atom is -0.465 e. The zero-order chi connectivity index (χ0) is 23.8. The fourth-order valence-electron chi connectivity index (χ4n) is 4.97. The Morgan fingerprint density at radius 3 is 2.21 bits per heavy atom. The van der Waals surface area contributed by atoms with Gasteiger partial charge in [0.1, 0.15) is 0 Å². The molecule has 3 amide bonds. The average molecular weight is 463 g/mol. The van der Waals surface area contributed by atoms with Crippen LogP contribution in [0.1, 0.15) is 38.5 Å². The van der Waals surface area contributed by atoms with Crippen LogP contribution in [0, 0.1) is 5.92 Å². The molecule has 0 bridgehead atoms. The van der Waals surface area contributed by atoms with Crippen molar-refractivity contribution in [3.8, 4) is 0 Å². The van der Waals surface area contributed by atoms with E-state index in [1.807, 2.05) is 23.1 Å². The molecular weight excluding hydrogens is 428 g/mol. The van der Waals surface area contributed by atoms with Crippen LogP contribution in [-0.2, 0) is 9.59 Å². The lowest BCUT2D eigenvalue weighted by atomic mass is 9.83. The summed E-state index contributed by atoms with van der Waals surface area (Å²) in [4.78, 5) is 41.7. The van der Waals surface area contributed by atoms with E-state index in [1.54, 1.807) is 0 Å². The number of carbonyl (C=O) groups is 3. The summed E-state index contributed by atoms with van der Waals surface area (Å²) in [5.74, 6) is -0.602. The lowest BCUT2D eigenvalue weighted by Crippen LogP contribution is -2.52. The van der Waals surface area contributed by atoms with Gasteiger partial charge in [-0.1, -0.05) is 18.2 Å². The Balaban J connectivity index is 1.51. The maximum atomic E-state index is 13.1. The summed E-state index contributed by atoms with van der Waals surface area (Å²) in [6.07, 6.45) is 1.15. The van der Waals surface area contributed by atoms with Gasteiger partial charge in [-0.25, -0.2) is 10.3 Å². The predicted octanol–water partition coefficient (Wildman–Crippen LogP) is 1.52. The smallest absolute Gasteiger partial charge is 0.407 e. The first-order chi connectivity index (χ1) is 15.9. The Labute approximate surface area is 193 Å². The Morgan fingerprint density at radius 2 is 1.67 bits per heavy atom. The number of benzene rings is 1. The van der Waals surface area contributed by atoms with Crippen LogP contribution in [0.2, 0.25) is 0 Å². The number of amides is 3. The Bertz CT molecular complexity index is 791. The molecular formula is C23H34N4O6. The minimum absolute atomic E-state index is 0.0890. The topological polar surface area (TPSA) is 134 Å². The van der Waals surface area contributed by atoms with Crippen molar-refractivity contribution in [2.24, 2.45) is 5.92 Å². The Morgan fingerprint density at radius 1 is 1.03 bits per heavy atom. The van der Waals surface area contributed by atoms with Crippen LogP contribution in [0.25, 0.3) is 0 Å². The Hall–Kier alpha value is -2.85. The van der Waals surface area contributed by atoms with Crippen LogP contribution in [0.15, 0.2) is 30.3 Å². The van der Waals surface area contributed by atoms with Crippen LogP contribution in [0.5, 0.6) is 0 Å². The van der Waals surface area contributed by atoms with Gasteiger partial charge >= 0.3 is 6.09 Å². The van der Waals surface area contributed by atoms with E-state index in [1.165, 1.54) is 10.4 Å². The number of aliphatic hydroxyl groups is 1. The number of aliphatic hydroxyl groups excluding tert-OH is 1. The van der Waals surface area contributed by atoms with E-state index in [9.17, 15) is 24.6 Å². The first kappa shape index (κ1) is 24.8. The number of carboxylic acid groups (broad SMARTS) is 1. The third kappa shape index (κ3) is 6.35. The minimum atomic E-state index is -1.15. The lowest BCUT2D eigenvalue weighted by Gasteiger charge is -2.41. The predicted molar refractivity (Wildman–Crippen MR) is 121 cm³/mol. The molecule has 1 saturated heterocycles. The van der Waals surface area contributed by atoms with E-state index in [0.717, 1.165) is 18.8 Å². The second-order valence-electron chi connectivity index (χ2n) is 8.75. The van der Waals surface area contributed by atoms with E-state index in [2.05, 4.69) is 17.0 Å². The quantitative estimate of drug-likeness (QED) is 0.340. The lowest BCUT2D eigenvalue weighted by molar-refractivity contribution is -0.137. The summed E-state index contributed by atoms with van der Waals surface area (Å²) in [5.41, 5.74) is 2.68. The molecule has 182 valence electrons. The maximum Gasteiger partial charge on any atom is 0.407 e. The van der Waals surface area contributed by atoms with Crippen LogP contribution in [-0.4, -0.2) is 88.0 Å². The maximum absolute atomic E-state index is 13.1. The molecule has 4 N–H and O–H groups in total. The SMILES string of the molecule is O=C(CC[C@H](CO)N(C(=O)O)C1CCC(C(=O)N2CCN(c3ccccc3)CC2)CC1)NO. The van der Waals surface area contributed by atoms with Crippen molar-refractivity contribution in [1.29, 1.82) is 0 Å². The molecule has 2 aliphatic rings. The highest BCUT2D eigenvalue weighted by molar-refractivity contribution is 5.79. The number of nitrogens with zero attached hydrogens (tertiary/aromatic N) is 3. The van der Waals surface area contributed by atoms with Crippen molar-refractivity contribution in [2.75, 3.05) is 37.7 Å². The molecule has 10 nitrogen and oxygen atoms in total. The number of piperazine rings is 1. The van der Waals surface area contributed by atoms with E-state index in [-0.39, 0.29) is 30.7 Å². The molecule has 1 saturated carbocycles. The number of nitrogens with one attached hydrogen (secondary N) is 1. The van der Waals surface area contributed by atoms with Gasteiger partial charge in [0.25, 0.3) is 0 Å². The fourth-order valence-corrected chi connectivity index (χ4v) is 4.97. The summed E-state index contributed by atoms with van der Waals surface area (Å²) in [6.45, 7) is 2.52. The number of hydrogen-bond donors (Lipinski definition) is 4. The van der Waals surface area contributed by atoms with Gasteiger partial charge < -0.3 is 24.9 Å². The summed E-state index contributed by atoms with van der Waals surface area (Å²) in [7, 11) is 0. The highest BCUT2D eigenvalue weighted by atomic mass is 16.5. The molecule has 0 aromatic heterocycles.